The highest BCUT2D eigenvalue weighted by Crippen LogP contribution is 2.49. The Labute approximate surface area is 61.2 Å². The first kappa shape index (κ1) is 6.62. The Morgan fingerprint density at radius 2 is 2.50 bits per heavy atom. The fourth-order valence-electron chi connectivity index (χ4n) is 2.00. The van der Waals surface area contributed by atoms with E-state index in [-0.39, 0.29) is 11.7 Å². The quantitative estimate of drug-likeness (QED) is 0.556. The molecule has 0 bridgehead atoms. The third-order valence-corrected chi connectivity index (χ3v) is 2.89. The van der Waals surface area contributed by atoms with Crippen molar-refractivity contribution in [2.24, 2.45) is 0 Å². The molecule has 1 saturated carbocycles. The molecule has 2 fully saturated rings. The van der Waals surface area contributed by atoms with Crippen LogP contribution < -0.4 is 0 Å². The van der Waals surface area contributed by atoms with Crippen LogP contribution in [0, 0.1) is 0 Å². The van der Waals surface area contributed by atoms with Crippen LogP contribution in [-0.4, -0.2) is 22.9 Å². The maximum atomic E-state index is 9.24. The summed E-state index contributed by atoms with van der Waals surface area (Å²) in [5.41, 5.74) is 0.208. The SMILES string of the molecule is CCC12CCC(O)CC1O2. The van der Waals surface area contributed by atoms with E-state index in [0.29, 0.717) is 6.10 Å². The highest BCUT2D eigenvalue weighted by Gasteiger charge is 2.57. The van der Waals surface area contributed by atoms with Gasteiger partial charge in [-0.05, 0) is 19.3 Å². The number of fused-ring (bicyclic) bond motifs is 1. The van der Waals surface area contributed by atoms with Gasteiger partial charge < -0.3 is 9.84 Å². The summed E-state index contributed by atoms with van der Waals surface area (Å²) in [6.45, 7) is 2.16. The maximum Gasteiger partial charge on any atom is 0.0947 e. The molecule has 0 aromatic carbocycles. The van der Waals surface area contributed by atoms with Crippen molar-refractivity contribution in [3.8, 4) is 0 Å². The van der Waals surface area contributed by atoms with Gasteiger partial charge >= 0.3 is 0 Å². The first-order chi connectivity index (χ1) is 4.77. The molecule has 2 aliphatic rings. The number of aliphatic hydroxyl groups excluding tert-OH is 1. The molecular weight excluding hydrogens is 128 g/mol. The lowest BCUT2D eigenvalue weighted by Gasteiger charge is -2.19. The lowest BCUT2D eigenvalue weighted by atomic mass is 9.86. The van der Waals surface area contributed by atoms with Gasteiger partial charge in [-0.1, -0.05) is 6.92 Å². The molecule has 1 heterocycles. The molecule has 10 heavy (non-hydrogen) atoms. The molecule has 1 aliphatic carbocycles. The lowest BCUT2D eigenvalue weighted by molar-refractivity contribution is 0.130. The fourth-order valence-corrected chi connectivity index (χ4v) is 2.00. The van der Waals surface area contributed by atoms with Gasteiger partial charge in [-0.2, -0.15) is 0 Å². The highest BCUT2D eigenvalue weighted by atomic mass is 16.6. The van der Waals surface area contributed by atoms with Crippen molar-refractivity contribution >= 4 is 0 Å². The summed E-state index contributed by atoms with van der Waals surface area (Å²) in [5, 5.41) is 9.24. The molecule has 0 aromatic heterocycles. The maximum absolute atomic E-state index is 9.24. The van der Waals surface area contributed by atoms with Crippen LogP contribution in [0.15, 0.2) is 0 Å². The zero-order chi connectivity index (χ0) is 7.19. The Morgan fingerprint density at radius 3 is 3.10 bits per heavy atom. The topological polar surface area (TPSA) is 32.8 Å². The van der Waals surface area contributed by atoms with Crippen molar-refractivity contribution in [3.05, 3.63) is 0 Å². The van der Waals surface area contributed by atoms with Gasteiger partial charge in [0.05, 0.1) is 17.8 Å². The molecular formula is C8H14O2. The van der Waals surface area contributed by atoms with E-state index in [1.54, 1.807) is 0 Å². The van der Waals surface area contributed by atoms with Gasteiger partial charge in [0.25, 0.3) is 0 Å². The second-order valence-corrected chi connectivity index (χ2v) is 3.45. The van der Waals surface area contributed by atoms with Crippen molar-refractivity contribution in [1.29, 1.82) is 0 Å². The van der Waals surface area contributed by atoms with Crippen molar-refractivity contribution in [3.63, 3.8) is 0 Å². The largest absolute Gasteiger partial charge is 0.393 e. The molecule has 58 valence electrons. The van der Waals surface area contributed by atoms with Crippen LogP contribution in [0.5, 0.6) is 0 Å². The Kier molecular flexibility index (Phi) is 1.29. The molecule has 3 unspecified atom stereocenters. The zero-order valence-electron chi connectivity index (χ0n) is 6.34. The Balaban J connectivity index is 1.98. The molecule has 0 radical (unpaired) electrons. The smallest absolute Gasteiger partial charge is 0.0947 e. The first-order valence-corrected chi connectivity index (χ1v) is 4.13. The second kappa shape index (κ2) is 1.95. The molecule has 1 aliphatic heterocycles. The van der Waals surface area contributed by atoms with Gasteiger partial charge in [0.1, 0.15) is 0 Å². The predicted molar refractivity (Wildman–Crippen MR) is 37.8 cm³/mol. The van der Waals surface area contributed by atoms with Crippen molar-refractivity contribution in [2.45, 2.75) is 50.4 Å². The molecule has 0 amide bonds. The zero-order valence-corrected chi connectivity index (χ0v) is 6.34. The average molecular weight is 142 g/mol. The van der Waals surface area contributed by atoms with Crippen LogP contribution in [0.25, 0.3) is 0 Å². The molecule has 2 heteroatoms. The minimum absolute atomic E-state index is 0.0906. The van der Waals surface area contributed by atoms with E-state index in [2.05, 4.69) is 6.92 Å². The molecule has 3 atom stereocenters. The number of hydrogen-bond acceptors (Lipinski definition) is 2. The standard InChI is InChI=1S/C8H14O2/c1-2-8-4-3-6(9)5-7(8)10-8/h6-7,9H,2-5H2,1H3. The van der Waals surface area contributed by atoms with Gasteiger partial charge in [0.15, 0.2) is 0 Å². The number of epoxide rings is 1. The van der Waals surface area contributed by atoms with E-state index in [9.17, 15) is 5.11 Å². The number of rotatable bonds is 1. The summed E-state index contributed by atoms with van der Waals surface area (Å²) >= 11 is 0. The van der Waals surface area contributed by atoms with Crippen LogP contribution >= 0.6 is 0 Å². The van der Waals surface area contributed by atoms with Gasteiger partial charge in [-0.3, -0.25) is 0 Å². The Morgan fingerprint density at radius 1 is 1.70 bits per heavy atom. The van der Waals surface area contributed by atoms with Gasteiger partial charge in [0.2, 0.25) is 0 Å². The fraction of sp³-hybridized carbons (Fsp3) is 1.00. The summed E-state index contributed by atoms with van der Waals surface area (Å²) in [6.07, 6.45) is 4.28. The summed E-state index contributed by atoms with van der Waals surface area (Å²) in [7, 11) is 0. The van der Waals surface area contributed by atoms with Crippen molar-refractivity contribution in [1.82, 2.24) is 0 Å². The lowest BCUT2D eigenvalue weighted by Crippen LogP contribution is -2.26. The molecule has 0 aromatic rings. The van der Waals surface area contributed by atoms with E-state index < -0.39 is 0 Å². The van der Waals surface area contributed by atoms with E-state index in [4.69, 9.17) is 4.74 Å². The van der Waals surface area contributed by atoms with Crippen LogP contribution in [0.4, 0.5) is 0 Å². The third-order valence-electron chi connectivity index (χ3n) is 2.89. The number of ether oxygens (including phenoxy) is 1. The molecule has 2 nitrogen and oxygen atoms in total. The average Bonchev–Trinajstić information content (AvgIpc) is 2.62. The Hall–Kier alpha value is -0.0800. The van der Waals surface area contributed by atoms with E-state index >= 15 is 0 Å². The van der Waals surface area contributed by atoms with Gasteiger partial charge in [0, 0.05) is 6.42 Å². The molecule has 1 N–H and O–H groups in total. The van der Waals surface area contributed by atoms with E-state index in [1.165, 1.54) is 0 Å². The van der Waals surface area contributed by atoms with Gasteiger partial charge in [-0.15, -0.1) is 0 Å². The van der Waals surface area contributed by atoms with Crippen LogP contribution in [0.1, 0.15) is 32.6 Å². The molecule has 2 rings (SSSR count). The normalized spacial score (nSPS) is 52.2. The van der Waals surface area contributed by atoms with Crippen LogP contribution in [0.2, 0.25) is 0 Å². The van der Waals surface area contributed by atoms with Gasteiger partial charge in [-0.25, -0.2) is 0 Å². The monoisotopic (exact) mass is 142 g/mol. The third kappa shape index (κ3) is 0.789. The van der Waals surface area contributed by atoms with E-state index in [1.807, 2.05) is 0 Å². The minimum atomic E-state index is -0.0906. The molecule has 1 saturated heterocycles. The second-order valence-electron chi connectivity index (χ2n) is 3.45. The highest BCUT2D eigenvalue weighted by molar-refractivity contribution is 5.05. The van der Waals surface area contributed by atoms with Crippen LogP contribution in [0.3, 0.4) is 0 Å². The van der Waals surface area contributed by atoms with E-state index in [0.717, 1.165) is 25.7 Å². The molecule has 0 spiro atoms. The first-order valence-electron chi connectivity index (χ1n) is 4.13. The predicted octanol–water partition coefficient (Wildman–Crippen LogP) is 1.08. The number of aliphatic hydroxyl groups is 1. The number of hydrogen-bond donors (Lipinski definition) is 1. The minimum Gasteiger partial charge on any atom is -0.393 e. The Bertz CT molecular complexity index is 146. The summed E-state index contributed by atoms with van der Waals surface area (Å²) in [5.74, 6) is 0. The van der Waals surface area contributed by atoms with Crippen molar-refractivity contribution < 1.29 is 9.84 Å². The van der Waals surface area contributed by atoms with Crippen molar-refractivity contribution in [2.75, 3.05) is 0 Å². The summed E-state index contributed by atoms with van der Waals surface area (Å²) in [4.78, 5) is 0. The van der Waals surface area contributed by atoms with Crippen LogP contribution in [-0.2, 0) is 4.74 Å². The summed E-state index contributed by atoms with van der Waals surface area (Å²) < 4.78 is 5.52. The summed E-state index contributed by atoms with van der Waals surface area (Å²) in [6, 6.07) is 0.